The maximum absolute atomic E-state index is 12.3. The zero-order valence-corrected chi connectivity index (χ0v) is 20.9. The minimum absolute atomic E-state index is 0.0188. The number of likely N-dealkylation sites (N-methyl/N-ethyl adjacent to an activating group) is 1. The zero-order chi connectivity index (χ0) is 24.7. The summed E-state index contributed by atoms with van der Waals surface area (Å²) in [6, 6.07) is 6.63. The normalized spacial score (nSPS) is 12.5. The average molecular weight is 463 g/mol. The molecule has 0 fully saturated rings. The molecule has 0 atom stereocenters. The number of benzene rings is 1. The number of aromatic hydroxyl groups is 1. The van der Waals surface area contributed by atoms with Crippen molar-refractivity contribution >= 4 is 5.91 Å². The van der Waals surface area contributed by atoms with E-state index in [9.17, 15) is 9.90 Å². The molecular formula is C30H42N2O2. The Kier molecular flexibility index (Phi) is 17.4. The monoisotopic (exact) mass is 462 g/mol. The first kappa shape index (κ1) is 28.9. The van der Waals surface area contributed by atoms with Crippen molar-refractivity contribution in [2.24, 2.45) is 0 Å². The van der Waals surface area contributed by atoms with Crippen molar-refractivity contribution in [2.45, 2.75) is 45.4 Å². The van der Waals surface area contributed by atoms with Crippen LogP contribution in [-0.2, 0) is 0 Å². The predicted molar refractivity (Wildman–Crippen MR) is 146 cm³/mol. The molecule has 0 aliphatic rings. The van der Waals surface area contributed by atoms with Crippen molar-refractivity contribution in [2.75, 3.05) is 26.7 Å². The Labute approximate surface area is 206 Å². The van der Waals surface area contributed by atoms with E-state index < -0.39 is 0 Å². The molecule has 0 saturated heterocycles. The maximum atomic E-state index is 12.3. The molecule has 1 aromatic carbocycles. The number of allylic oxidation sites excluding steroid dienone is 11. The van der Waals surface area contributed by atoms with Gasteiger partial charge in [0, 0.05) is 26.7 Å². The van der Waals surface area contributed by atoms with E-state index in [2.05, 4.69) is 85.2 Å². The van der Waals surface area contributed by atoms with Gasteiger partial charge in [-0.25, -0.2) is 0 Å². The van der Waals surface area contributed by atoms with Crippen LogP contribution in [0, 0.1) is 0 Å². The lowest BCUT2D eigenvalue weighted by Gasteiger charge is -2.17. The summed E-state index contributed by atoms with van der Waals surface area (Å²) >= 11 is 0. The van der Waals surface area contributed by atoms with Crippen molar-refractivity contribution < 1.29 is 9.90 Å². The van der Waals surface area contributed by atoms with Crippen LogP contribution in [0.25, 0.3) is 0 Å². The zero-order valence-electron chi connectivity index (χ0n) is 20.9. The van der Waals surface area contributed by atoms with Gasteiger partial charge in [-0.3, -0.25) is 4.79 Å². The number of phenols is 1. The van der Waals surface area contributed by atoms with Gasteiger partial charge in [-0.15, -0.1) is 0 Å². The van der Waals surface area contributed by atoms with E-state index in [0.717, 1.165) is 45.1 Å². The molecule has 0 saturated carbocycles. The summed E-state index contributed by atoms with van der Waals surface area (Å²) in [5, 5.41) is 13.1. The van der Waals surface area contributed by atoms with E-state index in [0.29, 0.717) is 18.7 Å². The fourth-order valence-corrected chi connectivity index (χ4v) is 3.00. The van der Waals surface area contributed by atoms with Crippen LogP contribution in [0.2, 0.25) is 0 Å². The molecule has 0 spiro atoms. The molecule has 0 bridgehead atoms. The number of amides is 1. The molecule has 0 unspecified atom stereocenters. The van der Waals surface area contributed by atoms with E-state index in [4.69, 9.17) is 0 Å². The highest BCUT2D eigenvalue weighted by Gasteiger charge is 2.14. The SMILES string of the molecule is CC/C=C\C/C=C\C/C=C\C/C=C\C/C=C\C/C=C\CNCCN(C)C(=O)c1ccccc1O. The van der Waals surface area contributed by atoms with E-state index in [-0.39, 0.29) is 11.7 Å². The van der Waals surface area contributed by atoms with Crippen LogP contribution in [0.15, 0.2) is 97.2 Å². The summed E-state index contributed by atoms with van der Waals surface area (Å²) in [5.74, 6) is -0.154. The summed E-state index contributed by atoms with van der Waals surface area (Å²) in [6.07, 6.45) is 32.2. The van der Waals surface area contributed by atoms with Crippen LogP contribution in [0.3, 0.4) is 0 Å². The highest BCUT2D eigenvalue weighted by Crippen LogP contribution is 2.16. The smallest absolute Gasteiger partial charge is 0.257 e. The second-order valence-electron chi connectivity index (χ2n) is 7.86. The number of hydrogen-bond acceptors (Lipinski definition) is 3. The number of carbonyl (C=O) groups excluding carboxylic acids is 1. The Morgan fingerprint density at radius 1 is 0.794 bits per heavy atom. The van der Waals surface area contributed by atoms with Gasteiger partial charge >= 0.3 is 0 Å². The van der Waals surface area contributed by atoms with Crippen molar-refractivity contribution in [1.29, 1.82) is 0 Å². The average Bonchev–Trinajstić information content (AvgIpc) is 2.84. The first-order chi connectivity index (χ1) is 16.7. The fraction of sp³-hybridized carbons (Fsp3) is 0.367. The molecule has 0 aliphatic carbocycles. The van der Waals surface area contributed by atoms with Crippen molar-refractivity contribution in [3.05, 3.63) is 103 Å². The molecule has 1 rings (SSSR count). The largest absolute Gasteiger partial charge is 0.507 e. The van der Waals surface area contributed by atoms with Crippen LogP contribution in [0.4, 0.5) is 0 Å². The van der Waals surface area contributed by atoms with Crippen LogP contribution >= 0.6 is 0 Å². The Morgan fingerprint density at radius 2 is 1.26 bits per heavy atom. The number of para-hydroxylation sites is 1. The van der Waals surface area contributed by atoms with Crippen LogP contribution in [0.5, 0.6) is 5.75 Å². The molecule has 4 nitrogen and oxygen atoms in total. The van der Waals surface area contributed by atoms with Gasteiger partial charge in [0.1, 0.15) is 5.75 Å². The summed E-state index contributed by atoms with van der Waals surface area (Å²) < 4.78 is 0. The molecule has 2 N–H and O–H groups in total. The Balaban J connectivity index is 2.02. The third-order valence-corrected chi connectivity index (χ3v) is 4.96. The van der Waals surface area contributed by atoms with Gasteiger partial charge in [-0.05, 0) is 50.7 Å². The van der Waals surface area contributed by atoms with E-state index in [1.807, 2.05) is 0 Å². The Hall–Kier alpha value is -3.11. The highest BCUT2D eigenvalue weighted by molar-refractivity contribution is 5.96. The molecule has 0 heterocycles. The summed E-state index contributed by atoms with van der Waals surface area (Å²) in [4.78, 5) is 13.9. The van der Waals surface area contributed by atoms with E-state index in [1.54, 1.807) is 30.1 Å². The fourth-order valence-electron chi connectivity index (χ4n) is 3.00. The summed E-state index contributed by atoms with van der Waals surface area (Å²) in [6.45, 7) is 4.19. The molecule has 0 aliphatic heterocycles. The third-order valence-electron chi connectivity index (χ3n) is 4.96. The van der Waals surface area contributed by atoms with Crippen molar-refractivity contribution in [3.8, 4) is 5.75 Å². The second kappa shape index (κ2) is 20.5. The van der Waals surface area contributed by atoms with E-state index >= 15 is 0 Å². The number of hydrogen-bond donors (Lipinski definition) is 2. The van der Waals surface area contributed by atoms with Crippen molar-refractivity contribution in [3.63, 3.8) is 0 Å². The van der Waals surface area contributed by atoms with Crippen LogP contribution in [0.1, 0.15) is 55.8 Å². The van der Waals surface area contributed by atoms with Crippen LogP contribution in [-0.4, -0.2) is 42.6 Å². The summed E-state index contributed by atoms with van der Waals surface area (Å²) in [5.41, 5.74) is 0.335. The standard InChI is InChI=1S/C30H42N2O2/c1-3-4-5-6-7-8-9-10-11-12-13-14-15-16-17-18-19-22-25-31-26-27-32(2)30(34)28-23-20-21-24-29(28)33/h4-5,7-8,10-11,13-14,16-17,19-24,31,33H,3,6,9,12,15,18,25-27H2,1-2H3/b5-4-,8-7-,11-10-,14-13-,17-16-,22-19-. The molecule has 1 aromatic rings. The number of carbonyl (C=O) groups is 1. The number of nitrogens with zero attached hydrogens (tertiary/aromatic N) is 1. The summed E-state index contributed by atoms with van der Waals surface area (Å²) in [7, 11) is 1.74. The first-order valence-corrected chi connectivity index (χ1v) is 12.3. The predicted octanol–water partition coefficient (Wildman–Crippen LogP) is 6.75. The number of rotatable bonds is 17. The molecule has 0 aromatic heterocycles. The van der Waals surface area contributed by atoms with Gasteiger partial charge in [0.25, 0.3) is 5.91 Å². The Morgan fingerprint density at radius 3 is 1.76 bits per heavy atom. The third kappa shape index (κ3) is 14.9. The van der Waals surface area contributed by atoms with Gasteiger partial charge in [0.2, 0.25) is 0 Å². The minimum Gasteiger partial charge on any atom is -0.507 e. The molecule has 0 radical (unpaired) electrons. The Bertz CT molecular complexity index is 847. The minimum atomic E-state index is -0.172. The molecule has 34 heavy (non-hydrogen) atoms. The lowest BCUT2D eigenvalue weighted by atomic mass is 10.2. The lowest BCUT2D eigenvalue weighted by molar-refractivity contribution is 0.0793. The number of phenolic OH excluding ortho intramolecular Hbond substituents is 1. The second-order valence-corrected chi connectivity index (χ2v) is 7.86. The topological polar surface area (TPSA) is 52.6 Å². The van der Waals surface area contributed by atoms with Gasteiger partial charge < -0.3 is 15.3 Å². The molecule has 1 amide bonds. The van der Waals surface area contributed by atoms with Gasteiger partial charge in [0.05, 0.1) is 5.56 Å². The van der Waals surface area contributed by atoms with Gasteiger partial charge in [-0.2, -0.15) is 0 Å². The molecule has 4 heteroatoms. The maximum Gasteiger partial charge on any atom is 0.257 e. The lowest BCUT2D eigenvalue weighted by Crippen LogP contribution is -2.33. The van der Waals surface area contributed by atoms with Crippen LogP contribution < -0.4 is 5.32 Å². The van der Waals surface area contributed by atoms with Gasteiger partial charge in [-0.1, -0.05) is 92.0 Å². The molecule has 184 valence electrons. The quantitative estimate of drug-likeness (QED) is 0.199. The molecular weight excluding hydrogens is 420 g/mol. The first-order valence-electron chi connectivity index (χ1n) is 12.3. The van der Waals surface area contributed by atoms with E-state index in [1.165, 1.54) is 6.07 Å². The highest BCUT2D eigenvalue weighted by atomic mass is 16.3. The van der Waals surface area contributed by atoms with Gasteiger partial charge in [0.15, 0.2) is 0 Å². The van der Waals surface area contributed by atoms with Crippen molar-refractivity contribution in [1.82, 2.24) is 10.2 Å². The number of nitrogens with one attached hydrogen (secondary N) is 1.